The zero-order chi connectivity index (χ0) is 13.8. The zero-order valence-electron chi connectivity index (χ0n) is 11.4. The fourth-order valence-electron chi connectivity index (χ4n) is 2.05. The molecule has 0 radical (unpaired) electrons. The quantitative estimate of drug-likeness (QED) is 0.829. The summed E-state index contributed by atoms with van der Waals surface area (Å²) in [6, 6.07) is 9.93. The second-order valence-corrected chi connectivity index (χ2v) is 4.62. The summed E-state index contributed by atoms with van der Waals surface area (Å²) < 4.78 is 4.65. The predicted molar refractivity (Wildman–Crippen MR) is 75.4 cm³/mol. The van der Waals surface area contributed by atoms with Crippen molar-refractivity contribution in [3.05, 3.63) is 52.8 Å². The number of benzene rings is 1. The summed E-state index contributed by atoms with van der Waals surface area (Å²) in [6.07, 6.45) is 0. The van der Waals surface area contributed by atoms with E-state index in [9.17, 15) is 4.79 Å². The summed E-state index contributed by atoms with van der Waals surface area (Å²) in [7, 11) is 1.37. The number of carbonyl (C=O) groups excluding carboxylic acids is 1. The zero-order valence-corrected chi connectivity index (χ0v) is 11.4. The Morgan fingerprint density at radius 2 is 1.89 bits per heavy atom. The molecule has 0 aliphatic rings. The Labute approximate surface area is 112 Å². The van der Waals surface area contributed by atoms with E-state index in [2.05, 4.69) is 47.1 Å². The molecule has 100 valence electrons. The summed E-state index contributed by atoms with van der Waals surface area (Å²) in [4.78, 5) is 14.3. The van der Waals surface area contributed by atoms with Crippen molar-refractivity contribution >= 4 is 11.7 Å². The second kappa shape index (κ2) is 5.61. The standard InChI is InChI=1S/C15H18N2O2/c1-10-6-11(2)8-13(7-10)16-9-12-4-5-14(17-12)15(18)19-3/h4-8,16-17H,9H2,1-3H3. The Hall–Kier alpha value is -2.23. The lowest BCUT2D eigenvalue weighted by atomic mass is 10.1. The minimum atomic E-state index is -0.349. The van der Waals surface area contributed by atoms with Crippen LogP contribution in [0, 0.1) is 13.8 Å². The topological polar surface area (TPSA) is 54.1 Å². The monoisotopic (exact) mass is 258 g/mol. The fraction of sp³-hybridized carbons (Fsp3) is 0.267. The maximum Gasteiger partial charge on any atom is 0.354 e. The van der Waals surface area contributed by atoms with Crippen molar-refractivity contribution < 1.29 is 9.53 Å². The third-order valence-corrected chi connectivity index (χ3v) is 2.86. The molecule has 0 saturated heterocycles. The summed E-state index contributed by atoms with van der Waals surface area (Å²) in [5, 5.41) is 3.33. The number of anilines is 1. The van der Waals surface area contributed by atoms with Gasteiger partial charge in [0.25, 0.3) is 0 Å². The van der Waals surface area contributed by atoms with Crippen molar-refractivity contribution in [3.8, 4) is 0 Å². The van der Waals surface area contributed by atoms with Crippen molar-refractivity contribution in [2.24, 2.45) is 0 Å². The molecule has 19 heavy (non-hydrogen) atoms. The first kappa shape index (κ1) is 13.2. The second-order valence-electron chi connectivity index (χ2n) is 4.62. The lowest BCUT2D eigenvalue weighted by Gasteiger charge is -2.07. The van der Waals surface area contributed by atoms with Crippen LogP contribution in [0.3, 0.4) is 0 Å². The number of hydrogen-bond donors (Lipinski definition) is 2. The van der Waals surface area contributed by atoms with E-state index in [1.54, 1.807) is 6.07 Å². The van der Waals surface area contributed by atoms with Crippen LogP contribution in [-0.2, 0) is 11.3 Å². The highest BCUT2D eigenvalue weighted by molar-refractivity contribution is 5.87. The molecule has 1 aromatic heterocycles. The van der Waals surface area contributed by atoms with Crippen LogP contribution in [-0.4, -0.2) is 18.1 Å². The molecule has 0 atom stereocenters. The van der Waals surface area contributed by atoms with E-state index < -0.39 is 0 Å². The maximum atomic E-state index is 11.3. The van der Waals surface area contributed by atoms with Crippen molar-refractivity contribution in [1.82, 2.24) is 4.98 Å². The van der Waals surface area contributed by atoms with Gasteiger partial charge < -0.3 is 15.0 Å². The van der Waals surface area contributed by atoms with Gasteiger partial charge >= 0.3 is 5.97 Å². The highest BCUT2D eigenvalue weighted by atomic mass is 16.5. The van der Waals surface area contributed by atoms with Gasteiger partial charge in [-0.05, 0) is 49.2 Å². The summed E-state index contributed by atoms with van der Waals surface area (Å²) in [6.45, 7) is 4.78. The number of nitrogens with one attached hydrogen (secondary N) is 2. The van der Waals surface area contributed by atoms with Gasteiger partial charge in [-0.1, -0.05) is 6.07 Å². The molecule has 2 aromatic rings. The number of carbonyl (C=O) groups is 1. The largest absolute Gasteiger partial charge is 0.464 e. The van der Waals surface area contributed by atoms with Gasteiger partial charge in [0.05, 0.1) is 13.7 Å². The first-order chi connectivity index (χ1) is 9.08. The van der Waals surface area contributed by atoms with Gasteiger partial charge in [-0.15, -0.1) is 0 Å². The van der Waals surface area contributed by atoms with Crippen molar-refractivity contribution in [3.63, 3.8) is 0 Å². The third-order valence-electron chi connectivity index (χ3n) is 2.86. The van der Waals surface area contributed by atoms with Crippen LogP contribution < -0.4 is 5.32 Å². The molecule has 0 bridgehead atoms. The molecule has 0 spiro atoms. The molecule has 2 N–H and O–H groups in total. The van der Waals surface area contributed by atoms with E-state index in [1.807, 2.05) is 6.07 Å². The molecular weight excluding hydrogens is 240 g/mol. The number of hydrogen-bond acceptors (Lipinski definition) is 3. The number of methoxy groups -OCH3 is 1. The van der Waals surface area contributed by atoms with Crippen LogP contribution in [0.2, 0.25) is 0 Å². The minimum absolute atomic E-state index is 0.349. The number of esters is 1. The van der Waals surface area contributed by atoms with Gasteiger partial charge in [0, 0.05) is 11.4 Å². The molecular formula is C15H18N2O2. The Morgan fingerprint density at radius 1 is 1.21 bits per heavy atom. The predicted octanol–water partition coefficient (Wildman–Crippen LogP) is 3.03. The van der Waals surface area contributed by atoms with Gasteiger partial charge in [-0.3, -0.25) is 0 Å². The van der Waals surface area contributed by atoms with Crippen molar-refractivity contribution in [2.75, 3.05) is 12.4 Å². The summed E-state index contributed by atoms with van der Waals surface area (Å²) in [5.74, 6) is -0.349. The third kappa shape index (κ3) is 3.37. The molecule has 0 fully saturated rings. The number of aryl methyl sites for hydroxylation is 2. The van der Waals surface area contributed by atoms with E-state index >= 15 is 0 Å². The van der Waals surface area contributed by atoms with Crippen molar-refractivity contribution in [2.45, 2.75) is 20.4 Å². The molecule has 0 aliphatic heterocycles. The van der Waals surface area contributed by atoms with Gasteiger partial charge in [-0.2, -0.15) is 0 Å². The molecule has 2 rings (SSSR count). The molecule has 0 amide bonds. The van der Waals surface area contributed by atoms with Crippen LogP contribution in [0.4, 0.5) is 5.69 Å². The van der Waals surface area contributed by atoms with E-state index in [-0.39, 0.29) is 5.97 Å². The van der Waals surface area contributed by atoms with Crippen LogP contribution in [0.15, 0.2) is 30.3 Å². The highest BCUT2D eigenvalue weighted by Gasteiger charge is 2.07. The molecule has 0 aliphatic carbocycles. The van der Waals surface area contributed by atoms with Crippen LogP contribution in [0.25, 0.3) is 0 Å². The number of rotatable bonds is 4. The number of H-pyrrole nitrogens is 1. The molecule has 1 heterocycles. The fourth-order valence-corrected chi connectivity index (χ4v) is 2.05. The van der Waals surface area contributed by atoms with E-state index in [0.717, 1.165) is 11.4 Å². The molecule has 4 heteroatoms. The van der Waals surface area contributed by atoms with Gasteiger partial charge in [-0.25, -0.2) is 4.79 Å². The molecule has 4 nitrogen and oxygen atoms in total. The first-order valence-corrected chi connectivity index (χ1v) is 6.17. The first-order valence-electron chi connectivity index (χ1n) is 6.17. The Kier molecular flexibility index (Phi) is 3.90. The van der Waals surface area contributed by atoms with Crippen LogP contribution in [0.5, 0.6) is 0 Å². The average molecular weight is 258 g/mol. The lowest BCUT2D eigenvalue weighted by Crippen LogP contribution is -2.04. The number of aromatic amines is 1. The van der Waals surface area contributed by atoms with Crippen LogP contribution >= 0.6 is 0 Å². The smallest absolute Gasteiger partial charge is 0.354 e. The number of aromatic nitrogens is 1. The maximum absolute atomic E-state index is 11.3. The van der Waals surface area contributed by atoms with E-state index in [1.165, 1.54) is 18.2 Å². The minimum Gasteiger partial charge on any atom is -0.464 e. The van der Waals surface area contributed by atoms with Gasteiger partial charge in [0.2, 0.25) is 0 Å². The van der Waals surface area contributed by atoms with Gasteiger partial charge in [0.1, 0.15) is 5.69 Å². The molecule has 0 unspecified atom stereocenters. The molecule has 0 saturated carbocycles. The Morgan fingerprint density at radius 3 is 2.53 bits per heavy atom. The number of ether oxygens (including phenoxy) is 1. The van der Waals surface area contributed by atoms with E-state index in [4.69, 9.17) is 0 Å². The molecule has 1 aromatic carbocycles. The summed E-state index contributed by atoms with van der Waals surface area (Å²) in [5.41, 5.74) is 4.94. The normalized spacial score (nSPS) is 10.3. The highest BCUT2D eigenvalue weighted by Crippen LogP contribution is 2.15. The van der Waals surface area contributed by atoms with E-state index in [0.29, 0.717) is 12.2 Å². The SMILES string of the molecule is COC(=O)c1ccc(CNc2cc(C)cc(C)c2)[nH]1. The van der Waals surface area contributed by atoms with Gasteiger partial charge in [0.15, 0.2) is 0 Å². The lowest BCUT2D eigenvalue weighted by molar-refractivity contribution is 0.0594. The Bertz CT molecular complexity index is 567. The Balaban J connectivity index is 2.02. The van der Waals surface area contributed by atoms with Crippen molar-refractivity contribution in [1.29, 1.82) is 0 Å². The average Bonchev–Trinajstić information content (AvgIpc) is 2.83. The summed E-state index contributed by atoms with van der Waals surface area (Å²) >= 11 is 0. The van der Waals surface area contributed by atoms with Crippen LogP contribution in [0.1, 0.15) is 27.3 Å².